The van der Waals surface area contributed by atoms with Gasteiger partial charge in [-0.2, -0.15) is 0 Å². The van der Waals surface area contributed by atoms with Crippen molar-refractivity contribution in [3.63, 3.8) is 0 Å². The van der Waals surface area contributed by atoms with E-state index in [1.165, 1.54) is 18.9 Å². The smallest absolute Gasteiger partial charge is 0.337 e. The summed E-state index contributed by atoms with van der Waals surface area (Å²) in [5.74, 6) is -0.360. The van der Waals surface area contributed by atoms with E-state index in [0.29, 0.717) is 10.7 Å². The molecule has 15 heavy (non-hydrogen) atoms. The van der Waals surface area contributed by atoms with Crippen LogP contribution in [0, 0.1) is 5.41 Å². The summed E-state index contributed by atoms with van der Waals surface area (Å²) in [6.45, 7) is 0. The molecule has 0 unspecified atom stereocenters. The first kappa shape index (κ1) is 11.6. The van der Waals surface area contributed by atoms with Crippen molar-refractivity contribution >= 4 is 28.6 Å². The zero-order valence-electron chi connectivity index (χ0n) is 8.53. The minimum absolute atomic E-state index is 0.360. The van der Waals surface area contributed by atoms with Crippen molar-refractivity contribution in [2.24, 2.45) is 0 Å². The van der Waals surface area contributed by atoms with Crippen molar-refractivity contribution in [2.75, 3.05) is 18.7 Å². The normalized spacial score (nSPS) is 9.47. The maximum Gasteiger partial charge on any atom is 0.337 e. The van der Waals surface area contributed by atoms with Gasteiger partial charge in [0.25, 0.3) is 0 Å². The van der Waals surface area contributed by atoms with Crippen LogP contribution in [0.25, 0.3) is 0 Å². The predicted octanol–water partition coefficient (Wildman–Crippen LogP) is 2.18. The van der Waals surface area contributed by atoms with E-state index in [1.807, 2.05) is 6.26 Å². The Hall–Kier alpha value is -1.49. The fourth-order valence-electron chi connectivity index (χ4n) is 0.990. The minimum atomic E-state index is -0.360. The van der Waals surface area contributed by atoms with E-state index in [4.69, 9.17) is 5.41 Å². The highest BCUT2D eigenvalue weighted by atomic mass is 32.2. The molecule has 0 radical (unpaired) electrons. The zero-order chi connectivity index (χ0) is 11.3. The first-order valence-corrected chi connectivity index (χ1v) is 5.47. The second-order valence-electron chi connectivity index (χ2n) is 2.73. The van der Waals surface area contributed by atoms with Crippen LogP contribution >= 0.6 is 11.8 Å². The third-order valence-corrected chi connectivity index (χ3v) is 2.28. The number of thioether (sulfide) groups is 1. The highest BCUT2D eigenvalue weighted by molar-refractivity contribution is 8.13. The number of carbonyl (C=O) groups excluding carboxylic acids is 1. The minimum Gasteiger partial charge on any atom is -0.465 e. The van der Waals surface area contributed by atoms with E-state index in [1.54, 1.807) is 24.3 Å². The standard InChI is InChI=1S/C10H12N2O2S/c1-14-9(13)7-3-5-8(6-4-7)12-10(11)15-2/h3-6H,1-2H3,(H2,11,12). The largest absolute Gasteiger partial charge is 0.465 e. The van der Waals surface area contributed by atoms with Crippen LogP contribution in [-0.4, -0.2) is 24.5 Å². The second kappa shape index (κ2) is 5.41. The first-order valence-electron chi connectivity index (χ1n) is 4.25. The summed E-state index contributed by atoms with van der Waals surface area (Å²) in [5, 5.41) is 10.6. The maximum absolute atomic E-state index is 11.1. The van der Waals surface area contributed by atoms with Crippen molar-refractivity contribution in [1.29, 1.82) is 5.41 Å². The second-order valence-corrected chi connectivity index (χ2v) is 3.54. The molecule has 0 heterocycles. The van der Waals surface area contributed by atoms with Gasteiger partial charge in [0.1, 0.15) is 0 Å². The molecule has 0 atom stereocenters. The van der Waals surface area contributed by atoms with Crippen molar-refractivity contribution in [2.45, 2.75) is 0 Å². The van der Waals surface area contributed by atoms with E-state index in [9.17, 15) is 4.79 Å². The van der Waals surface area contributed by atoms with Gasteiger partial charge in [-0.05, 0) is 30.5 Å². The molecule has 0 amide bonds. The van der Waals surface area contributed by atoms with E-state index in [0.717, 1.165) is 5.69 Å². The van der Waals surface area contributed by atoms with Crippen LogP contribution in [0.5, 0.6) is 0 Å². The molecule has 0 aliphatic carbocycles. The summed E-state index contributed by atoms with van der Waals surface area (Å²) in [6, 6.07) is 6.78. The molecule has 1 rings (SSSR count). The number of nitrogens with one attached hydrogen (secondary N) is 2. The lowest BCUT2D eigenvalue weighted by Gasteiger charge is -2.05. The van der Waals surface area contributed by atoms with Gasteiger partial charge in [-0.3, -0.25) is 5.41 Å². The Bertz CT molecular complexity index is 362. The SMILES string of the molecule is COC(=O)c1ccc(NC(=N)SC)cc1. The lowest BCUT2D eigenvalue weighted by Crippen LogP contribution is -2.06. The summed E-state index contributed by atoms with van der Waals surface area (Å²) in [7, 11) is 1.35. The Kier molecular flexibility index (Phi) is 4.17. The van der Waals surface area contributed by atoms with Crippen molar-refractivity contribution in [1.82, 2.24) is 0 Å². The molecule has 0 bridgehead atoms. The fourth-order valence-corrected chi connectivity index (χ4v) is 1.21. The Morgan fingerprint density at radius 3 is 2.47 bits per heavy atom. The molecule has 80 valence electrons. The van der Waals surface area contributed by atoms with E-state index in [-0.39, 0.29) is 5.97 Å². The van der Waals surface area contributed by atoms with Gasteiger partial charge >= 0.3 is 5.97 Å². The molecule has 1 aromatic rings. The van der Waals surface area contributed by atoms with Gasteiger partial charge < -0.3 is 10.1 Å². The van der Waals surface area contributed by atoms with E-state index < -0.39 is 0 Å². The summed E-state index contributed by atoms with van der Waals surface area (Å²) in [5.41, 5.74) is 1.28. The van der Waals surface area contributed by atoms with Gasteiger partial charge in [0, 0.05) is 5.69 Å². The van der Waals surface area contributed by atoms with Gasteiger partial charge in [-0.15, -0.1) is 0 Å². The van der Waals surface area contributed by atoms with Crippen LogP contribution in [0.4, 0.5) is 5.69 Å². The van der Waals surface area contributed by atoms with Crippen molar-refractivity contribution in [3.05, 3.63) is 29.8 Å². The third-order valence-electron chi connectivity index (χ3n) is 1.77. The van der Waals surface area contributed by atoms with Gasteiger partial charge in [-0.1, -0.05) is 11.8 Å². The van der Waals surface area contributed by atoms with Crippen molar-refractivity contribution < 1.29 is 9.53 Å². The van der Waals surface area contributed by atoms with Crippen LogP contribution in [-0.2, 0) is 4.74 Å². The Morgan fingerprint density at radius 1 is 1.40 bits per heavy atom. The van der Waals surface area contributed by atoms with Gasteiger partial charge in [0.15, 0.2) is 5.17 Å². The zero-order valence-corrected chi connectivity index (χ0v) is 9.35. The van der Waals surface area contributed by atoms with Gasteiger partial charge in [-0.25, -0.2) is 4.79 Å². The number of benzene rings is 1. The summed E-state index contributed by atoms with van der Waals surface area (Å²) in [6.07, 6.45) is 1.82. The Balaban J connectivity index is 2.72. The molecule has 0 saturated heterocycles. The molecule has 0 aliphatic rings. The van der Waals surface area contributed by atoms with Crippen molar-refractivity contribution in [3.8, 4) is 0 Å². The number of ether oxygens (including phenoxy) is 1. The van der Waals surface area contributed by atoms with E-state index in [2.05, 4.69) is 10.1 Å². The van der Waals surface area contributed by atoms with E-state index >= 15 is 0 Å². The molecular formula is C10H12N2O2S. The quantitative estimate of drug-likeness (QED) is 0.459. The Labute approximate surface area is 92.5 Å². The molecule has 4 nitrogen and oxygen atoms in total. The lowest BCUT2D eigenvalue weighted by molar-refractivity contribution is 0.0601. The highest BCUT2D eigenvalue weighted by Crippen LogP contribution is 2.11. The van der Waals surface area contributed by atoms with Crippen LogP contribution in [0.2, 0.25) is 0 Å². The summed E-state index contributed by atoms with van der Waals surface area (Å²) >= 11 is 1.32. The predicted molar refractivity (Wildman–Crippen MR) is 62.6 cm³/mol. The molecule has 0 aromatic heterocycles. The molecule has 0 aliphatic heterocycles. The monoisotopic (exact) mass is 224 g/mol. The average Bonchev–Trinajstić information content (AvgIpc) is 2.29. The summed E-state index contributed by atoms with van der Waals surface area (Å²) in [4.78, 5) is 11.1. The fraction of sp³-hybridized carbons (Fsp3) is 0.200. The number of carbonyl (C=O) groups is 1. The maximum atomic E-state index is 11.1. The third kappa shape index (κ3) is 3.28. The molecule has 1 aromatic carbocycles. The molecule has 2 N–H and O–H groups in total. The highest BCUT2D eigenvalue weighted by Gasteiger charge is 2.04. The number of hydrogen-bond donors (Lipinski definition) is 2. The number of methoxy groups -OCH3 is 1. The number of amidine groups is 1. The number of hydrogen-bond acceptors (Lipinski definition) is 4. The molecule has 5 heteroatoms. The Morgan fingerprint density at radius 2 is 2.00 bits per heavy atom. The summed E-state index contributed by atoms with van der Waals surface area (Å²) < 4.78 is 4.57. The number of rotatable bonds is 2. The first-order chi connectivity index (χ1) is 7.17. The van der Waals surface area contributed by atoms with Gasteiger partial charge in [0.05, 0.1) is 12.7 Å². The average molecular weight is 224 g/mol. The molecule has 0 spiro atoms. The van der Waals surface area contributed by atoms with Gasteiger partial charge in [0.2, 0.25) is 0 Å². The van der Waals surface area contributed by atoms with Crippen LogP contribution in [0.3, 0.4) is 0 Å². The number of anilines is 1. The molecular weight excluding hydrogens is 212 g/mol. The topological polar surface area (TPSA) is 62.2 Å². The molecule has 0 fully saturated rings. The molecule has 0 saturated carbocycles. The lowest BCUT2D eigenvalue weighted by atomic mass is 10.2. The van der Waals surface area contributed by atoms with Crippen LogP contribution in [0.1, 0.15) is 10.4 Å². The van der Waals surface area contributed by atoms with Crippen LogP contribution in [0.15, 0.2) is 24.3 Å². The number of esters is 1. The van der Waals surface area contributed by atoms with Crippen LogP contribution < -0.4 is 5.32 Å².